The van der Waals surface area contributed by atoms with Gasteiger partial charge in [0.25, 0.3) is 0 Å². The normalized spacial score (nSPS) is 13.9. The van der Waals surface area contributed by atoms with E-state index in [4.69, 9.17) is 0 Å². The fourth-order valence-corrected chi connectivity index (χ4v) is 3.83. The summed E-state index contributed by atoms with van der Waals surface area (Å²) in [6, 6.07) is 11.5. The number of carbonyl (C=O) groups excluding carboxylic acids is 2. The lowest BCUT2D eigenvalue weighted by atomic mass is 10.2. The van der Waals surface area contributed by atoms with E-state index < -0.39 is 28.5 Å². The Labute approximate surface area is 162 Å². The fourth-order valence-electron chi connectivity index (χ4n) is 2.77. The van der Waals surface area contributed by atoms with Gasteiger partial charge < -0.3 is 5.32 Å². The van der Waals surface area contributed by atoms with Gasteiger partial charge in [0.1, 0.15) is 18.9 Å². The van der Waals surface area contributed by atoms with E-state index in [-0.39, 0.29) is 18.1 Å². The van der Waals surface area contributed by atoms with Crippen LogP contribution in [0, 0.1) is 5.82 Å². The van der Waals surface area contributed by atoms with Crippen LogP contribution in [0.4, 0.5) is 21.5 Å². The van der Waals surface area contributed by atoms with E-state index in [9.17, 15) is 22.4 Å². The third-order valence-corrected chi connectivity index (χ3v) is 6.02. The average Bonchev–Trinajstić information content (AvgIpc) is 2.65. The maximum absolute atomic E-state index is 13.3. The molecule has 8 nitrogen and oxygen atoms in total. The lowest BCUT2D eigenvalue weighted by molar-refractivity contribution is -0.121. The van der Waals surface area contributed by atoms with Crippen LogP contribution in [0.2, 0.25) is 0 Å². The molecule has 0 saturated carbocycles. The molecule has 0 fully saturated rings. The number of nitrogens with one attached hydrogen (secondary N) is 1. The molecule has 0 radical (unpaired) electrons. The molecule has 2 amide bonds. The first kappa shape index (κ1) is 19.8. The Hall–Kier alpha value is -2.98. The summed E-state index contributed by atoms with van der Waals surface area (Å²) in [6.07, 6.45) is 0. The summed E-state index contributed by atoms with van der Waals surface area (Å²) < 4.78 is 40.6. The zero-order valence-electron chi connectivity index (χ0n) is 15.3. The second kappa shape index (κ2) is 7.56. The van der Waals surface area contributed by atoms with E-state index >= 15 is 0 Å². The Morgan fingerprint density at radius 2 is 1.79 bits per heavy atom. The first-order valence-electron chi connectivity index (χ1n) is 8.35. The fraction of sp³-hybridized carbons (Fsp3) is 0.222. The number of hydrogen-bond acceptors (Lipinski definition) is 4. The molecular formula is C18H19FN4O4S. The number of benzene rings is 2. The lowest BCUT2D eigenvalue weighted by Gasteiger charge is -2.32. The van der Waals surface area contributed by atoms with E-state index in [1.54, 1.807) is 24.3 Å². The van der Waals surface area contributed by atoms with Crippen molar-refractivity contribution >= 4 is 39.1 Å². The van der Waals surface area contributed by atoms with Gasteiger partial charge in [0.05, 0.1) is 17.1 Å². The smallest absolute Gasteiger partial charge is 0.304 e. The zero-order valence-corrected chi connectivity index (χ0v) is 16.1. The van der Waals surface area contributed by atoms with E-state index in [0.29, 0.717) is 11.4 Å². The van der Waals surface area contributed by atoms with Crippen molar-refractivity contribution in [2.75, 3.05) is 41.7 Å². The molecule has 1 aliphatic heterocycles. The Balaban J connectivity index is 1.96. The summed E-state index contributed by atoms with van der Waals surface area (Å²) >= 11 is 0. The molecule has 0 saturated heterocycles. The third kappa shape index (κ3) is 3.82. The van der Waals surface area contributed by atoms with Gasteiger partial charge in [-0.1, -0.05) is 12.1 Å². The second-order valence-electron chi connectivity index (χ2n) is 6.32. The van der Waals surface area contributed by atoms with Crippen LogP contribution in [0.5, 0.6) is 0 Å². The first-order chi connectivity index (χ1) is 13.2. The molecule has 2 aromatic rings. The molecule has 0 atom stereocenters. The molecule has 28 heavy (non-hydrogen) atoms. The van der Waals surface area contributed by atoms with Crippen LogP contribution in [-0.2, 0) is 19.8 Å². The van der Waals surface area contributed by atoms with Crippen LogP contribution in [0.3, 0.4) is 0 Å². The number of rotatable bonds is 5. The molecule has 0 aromatic heterocycles. The predicted octanol–water partition coefficient (Wildman–Crippen LogP) is 1.42. The Kier molecular flexibility index (Phi) is 5.34. The zero-order chi connectivity index (χ0) is 20.5. The number of para-hydroxylation sites is 2. The van der Waals surface area contributed by atoms with Crippen molar-refractivity contribution in [3.63, 3.8) is 0 Å². The summed E-state index contributed by atoms with van der Waals surface area (Å²) in [7, 11) is -1.37. The Morgan fingerprint density at radius 1 is 1.14 bits per heavy atom. The van der Waals surface area contributed by atoms with E-state index in [0.717, 1.165) is 20.7 Å². The van der Waals surface area contributed by atoms with Crippen LogP contribution in [0.1, 0.15) is 0 Å². The highest BCUT2D eigenvalue weighted by molar-refractivity contribution is 7.90. The minimum Gasteiger partial charge on any atom is -0.323 e. The SMILES string of the molecule is CN(C)S(=O)(=O)N(CC(=O)N1CC(=O)Nc2ccccc21)c1ccc(F)cc1. The number of hydrogen-bond donors (Lipinski definition) is 1. The first-order valence-corrected chi connectivity index (χ1v) is 9.75. The van der Waals surface area contributed by atoms with E-state index in [1.165, 1.54) is 31.1 Å². The van der Waals surface area contributed by atoms with Gasteiger partial charge in [-0.05, 0) is 36.4 Å². The molecule has 0 spiro atoms. The highest BCUT2D eigenvalue weighted by atomic mass is 32.2. The number of amides is 2. The predicted molar refractivity (Wildman–Crippen MR) is 104 cm³/mol. The van der Waals surface area contributed by atoms with Crippen molar-refractivity contribution in [2.45, 2.75) is 0 Å². The number of nitrogens with zero attached hydrogens (tertiary/aromatic N) is 3. The van der Waals surface area contributed by atoms with Gasteiger partial charge >= 0.3 is 10.2 Å². The summed E-state index contributed by atoms with van der Waals surface area (Å²) in [6.45, 7) is -0.775. The minimum atomic E-state index is -4.03. The van der Waals surface area contributed by atoms with Gasteiger partial charge in [-0.2, -0.15) is 12.7 Å². The standard InChI is InChI=1S/C18H19FN4O4S/c1-21(2)28(26,27)23(14-9-7-13(19)8-10-14)12-18(25)22-11-17(24)20-15-5-3-4-6-16(15)22/h3-10H,11-12H2,1-2H3,(H,20,24). The van der Waals surface area contributed by atoms with Crippen LogP contribution >= 0.6 is 0 Å². The molecule has 10 heteroatoms. The number of anilines is 3. The highest BCUT2D eigenvalue weighted by Crippen LogP contribution is 2.29. The third-order valence-electron chi connectivity index (χ3n) is 4.21. The molecule has 1 aliphatic rings. The van der Waals surface area contributed by atoms with Gasteiger partial charge in [0.2, 0.25) is 11.8 Å². The molecule has 148 valence electrons. The maximum Gasteiger partial charge on any atom is 0.304 e. The van der Waals surface area contributed by atoms with Crippen molar-refractivity contribution in [3.05, 3.63) is 54.3 Å². The van der Waals surface area contributed by atoms with Crippen LogP contribution in [0.25, 0.3) is 0 Å². The molecule has 0 aliphatic carbocycles. The highest BCUT2D eigenvalue weighted by Gasteiger charge is 2.32. The summed E-state index contributed by atoms with van der Waals surface area (Å²) in [5.74, 6) is -1.49. The summed E-state index contributed by atoms with van der Waals surface area (Å²) in [5, 5.41) is 2.67. The number of halogens is 1. The van der Waals surface area contributed by atoms with Crippen LogP contribution < -0.4 is 14.5 Å². The monoisotopic (exact) mass is 406 g/mol. The van der Waals surface area contributed by atoms with Crippen LogP contribution in [0.15, 0.2) is 48.5 Å². The van der Waals surface area contributed by atoms with Gasteiger partial charge in [0.15, 0.2) is 0 Å². The Morgan fingerprint density at radius 3 is 2.43 bits per heavy atom. The van der Waals surface area contributed by atoms with Gasteiger partial charge in [0, 0.05) is 14.1 Å². The van der Waals surface area contributed by atoms with Crippen LogP contribution in [-0.4, -0.2) is 51.7 Å². The molecule has 2 aromatic carbocycles. The number of carbonyl (C=O) groups is 2. The van der Waals surface area contributed by atoms with E-state index in [1.807, 2.05) is 0 Å². The second-order valence-corrected chi connectivity index (χ2v) is 8.39. The quantitative estimate of drug-likeness (QED) is 0.813. The summed E-state index contributed by atoms with van der Waals surface area (Å²) in [4.78, 5) is 26.2. The molecular weight excluding hydrogens is 387 g/mol. The molecule has 1 heterocycles. The van der Waals surface area contributed by atoms with E-state index in [2.05, 4.69) is 5.32 Å². The molecule has 0 unspecified atom stereocenters. The molecule has 3 rings (SSSR count). The average molecular weight is 406 g/mol. The van der Waals surface area contributed by atoms with Crippen molar-refractivity contribution in [1.29, 1.82) is 0 Å². The maximum atomic E-state index is 13.3. The molecule has 0 bridgehead atoms. The van der Waals surface area contributed by atoms with Crippen molar-refractivity contribution in [1.82, 2.24) is 4.31 Å². The van der Waals surface area contributed by atoms with Gasteiger partial charge in [-0.25, -0.2) is 8.70 Å². The number of fused-ring (bicyclic) bond motifs is 1. The van der Waals surface area contributed by atoms with Crippen molar-refractivity contribution in [3.8, 4) is 0 Å². The van der Waals surface area contributed by atoms with Gasteiger partial charge in [-0.3, -0.25) is 14.5 Å². The van der Waals surface area contributed by atoms with Crippen molar-refractivity contribution in [2.24, 2.45) is 0 Å². The summed E-state index contributed by atoms with van der Waals surface area (Å²) in [5.41, 5.74) is 1.09. The lowest BCUT2D eigenvalue weighted by Crippen LogP contribution is -2.50. The topological polar surface area (TPSA) is 90.0 Å². The minimum absolute atomic E-state index is 0.137. The Bertz CT molecular complexity index is 1010. The van der Waals surface area contributed by atoms with Crippen molar-refractivity contribution < 1.29 is 22.4 Å². The molecule has 1 N–H and O–H groups in total. The largest absolute Gasteiger partial charge is 0.323 e. The van der Waals surface area contributed by atoms with Gasteiger partial charge in [-0.15, -0.1) is 0 Å².